The molecule has 0 bridgehead atoms. The van der Waals surface area contributed by atoms with Gasteiger partial charge in [-0.3, -0.25) is 0 Å². The van der Waals surface area contributed by atoms with Crippen LogP contribution in [-0.4, -0.2) is 20.3 Å². The Morgan fingerprint density at radius 1 is 1.17 bits per heavy atom. The van der Waals surface area contributed by atoms with Crippen LogP contribution in [0.25, 0.3) is 0 Å². The van der Waals surface area contributed by atoms with E-state index in [2.05, 4.69) is 12.2 Å². The summed E-state index contributed by atoms with van der Waals surface area (Å²) >= 11 is 6.09. The topological polar surface area (TPSA) is 30.5 Å². The highest BCUT2D eigenvalue weighted by atomic mass is 35.5. The van der Waals surface area contributed by atoms with Gasteiger partial charge in [0, 0.05) is 18.2 Å². The van der Waals surface area contributed by atoms with E-state index < -0.39 is 0 Å². The number of hydrogen-bond acceptors (Lipinski definition) is 3. The highest BCUT2D eigenvalue weighted by Crippen LogP contribution is 2.38. The molecule has 1 saturated carbocycles. The Kier molecular flexibility index (Phi) is 4.23. The summed E-state index contributed by atoms with van der Waals surface area (Å²) in [5, 5.41) is 4.12. The molecule has 1 aromatic carbocycles. The van der Waals surface area contributed by atoms with Crippen molar-refractivity contribution in [1.29, 1.82) is 0 Å². The molecule has 0 saturated heterocycles. The number of methoxy groups -OCH3 is 2. The number of halogens is 1. The van der Waals surface area contributed by atoms with Crippen molar-refractivity contribution in [2.75, 3.05) is 19.5 Å². The molecule has 2 unspecified atom stereocenters. The number of nitrogens with one attached hydrogen (secondary N) is 1. The zero-order valence-corrected chi connectivity index (χ0v) is 11.9. The van der Waals surface area contributed by atoms with E-state index in [9.17, 15) is 0 Å². The van der Waals surface area contributed by atoms with Gasteiger partial charge in [0.15, 0.2) is 0 Å². The average molecular weight is 270 g/mol. The minimum absolute atomic E-state index is 0.504. The van der Waals surface area contributed by atoms with Crippen molar-refractivity contribution in [2.24, 2.45) is 5.92 Å². The zero-order chi connectivity index (χ0) is 13.1. The van der Waals surface area contributed by atoms with E-state index in [4.69, 9.17) is 21.1 Å². The fourth-order valence-electron chi connectivity index (χ4n) is 2.53. The molecule has 1 aliphatic carbocycles. The Hall–Kier alpha value is -1.09. The van der Waals surface area contributed by atoms with Gasteiger partial charge < -0.3 is 14.8 Å². The van der Waals surface area contributed by atoms with Crippen LogP contribution in [0.3, 0.4) is 0 Å². The van der Waals surface area contributed by atoms with E-state index in [1.807, 2.05) is 6.07 Å². The highest BCUT2D eigenvalue weighted by molar-refractivity contribution is 6.32. The summed E-state index contributed by atoms with van der Waals surface area (Å²) in [4.78, 5) is 0. The van der Waals surface area contributed by atoms with Gasteiger partial charge in [-0.1, -0.05) is 24.9 Å². The number of ether oxygens (including phenoxy) is 2. The minimum Gasteiger partial charge on any atom is -0.495 e. The molecule has 2 rings (SSSR count). The molecule has 18 heavy (non-hydrogen) atoms. The number of rotatable bonds is 4. The lowest BCUT2D eigenvalue weighted by molar-refractivity contribution is 0.403. The Labute approximate surface area is 113 Å². The molecule has 1 aromatic rings. The maximum absolute atomic E-state index is 6.09. The van der Waals surface area contributed by atoms with Gasteiger partial charge in [0.2, 0.25) is 0 Å². The Morgan fingerprint density at radius 2 is 1.89 bits per heavy atom. The third-order valence-corrected chi connectivity index (χ3v) is 3.97. The lowest BCUT2D eigenvalue weighted by Crippen LogP contribution is -2.22. The van der Waals surface area contributed by atoms with Crippen molar-refractivity contribution in [1.82, 2.24) is 0 Å². The van der Waals surface area contributed by atoms with Crippen molar-refractivity contribution in [3.8, 4) is 11.5 Å². The van der Waals surface area contributed by atoms with Crippen LogP contribution in [0.4, 0.5) is 5.69 Å². The predicted molar refractivity (Wildman–Crippen MR) is 75.0 cm³/mol. The van der Waals surface area contributed by atoms with Crippen molar-refractivity contribution >= 4 is 17.3 Å². The quantitative estimate of drug-likeness (QED) is 0.898. The van der Waals surface area contributed by atoms with Gasteiger partial charge in [0.25, 0.3) is 0 Å². The van der Waals surface area contributed by atoms with Crippen LogP contribution in [0.1, 0.15) is 26.2 Å². The van der Waals surface area contributed by atoms with Gasteiger partial charge in [0.1, 0.15) is 11.5 Å². The second kappa shape index (κ2) is 5.70. The fraction of sp³-hybridized carbons (Fsp3) is 0.571. The third kappa shape index (κ3) is 2.66. The van der Waals surface area contributed by atoms with Gasteiger partial charge in [-0.25, -0.2) is 0 Å². The first-order valence-corrected chi connectivity index (χ1v) is 6.71. The molecule has 0 amide bonds. The molecule has 0 spiro atoms. The summed E-state index contributed by atoms with van der Waals surface area (Å²) in [5.74, 6) is 2.13. The van der Waals surface area contributed by atoms with Crippen LogP contribution < -0.4 is 14.8 Å². The maximum atomic E-state index is 6.09. The van der Waals surface area contributed by atoms with Crippen LogP contribution >= 0.6 is 11.6 Å². The SMILES string of the molecule is COc1cc(NC2CCCC2C)c(OC)cc1Cl. The second-order valence-electron chi connectivity index (χ2n) is 4.85. The molecular weight excluding hydrogens is 250 g/mol. The van der Waals surface area contributed by atoms with E-state index >= 15 is 0 Å². The van der Waals surface area contributed by atoms with E-state index in [-0.39, 0.29) is 0 Å². The largest absolute Gasteiger partial charge is 0.495 e. The molecule has 100 valence electrons. The summed E-state index contributed by atoms with van der Waals surface area (Å²) in [6.45, 7) is 2.28. The van der Waals surface area contributed by atoms with Gasteiger partial charge >= 0.3 is 0 Å². The summed E-state index contributed by atoms with van der Waals surface area (Å²) < 4.78 is 10.6. The molecule has 0 heterocycles. The minimum atomic E-state index is 0.504. The van der Waals surface area contributed by atoms with Gasteiger partial charge in [0.05, 0.1) is 24.9 Å². The van der Waals surface area contributed by atoms with Crippen LogP contribution in [-0.2, 0) is 0 Å². The van der Waals surface area contributed by atoms with Gasteiger partial charge in [-0.2, -0.15) is 0 Å². The van der Waals surface area contributed by atoms with Gasteiger partial charge in [-0.15, -0.1) is 0 Å². The fourth-order valence-corrected chi connectivity index (χ4v) is 2.76. The van der Waals surface area contributed by atoms with Crippen molar-refractivity contribution in [3.05, 3.63) is 17.2 Å². The number of hydrogen-bond donors (Lipinski definition) is 1. The first-order chi connectivity index (χ1) is 8.65. The molecule has 0 aliphatic heterocycles. The Morgan fingerprint density at radius 3 is 2.44 bits per heavy atom. The van der Waals surface area contributed by atoms with Crippen LogP contribution in [0.2, 0.25) is 5.02 Å². The molecule has 1 N–H and O–H groups in total. The van der Waals surface area contributed by atoms with Crippen LogP contribution in [0.15, 0.2) is 12.1 Å². The normalized spacial score (nSPS) is 22.9. The predicted octanol–water partition coefficient (Wildman–Crippen LogP) is 3.96. The molecule has 1 aliphatic rings. The standard InChI is InChI=1S/C14H20ClNO2/c1-9-5-4-6-11(9)16-12-8-13(17-2)10(15)7-14(12)18-3/h7-9,11,16H,4-6H2,1-3H3. The summed E-state index contributed by atoms with van der Waals surface area (Å²) in [5.41, 5.74) is 0.956. The zero-order valence-electron chi connectivity index (χ0n) is 11.1. The third-order valence-electron chi connectivity index (χ3n) is 3.68. The van der Waals surface area contributed by atoms with Crippen molar-refractivity contribution in [3.63, 3.8) is 0 Å². The summed E-state index contributed by atoms with van der Waals surface area (Å²) in [7, 11) is 3.27. The highest BCUT2D eigenvalue weighted by Gasteiger charge is 2.24. The van der Waals surface area contributed by atoms with Crippen molar-refractivity contribution < 1.29 is 9.47 Å². The Balaban J connectivity index is 2.24. The monoisotopic (exact) mass is 269 g/mol. The van der Waals surface area contributed by atoms with E-state index in [0.29, 0.717) is 22.7 Å². The second-order valence-corrected chi connectivity index (χ2v) is 5.25. The van der Waals surface area contributed by atoms with Crippen molar-refractivity contribution in [2.45, 2.75) is 32.2 Å². The number of benzene rings is 1. The number of anilines is 1. The lowest BCUT2D eigenvalue weighted by atomic mass is 10.1. The first kappa shape index (κ1) is 13.3. The first-order valence-electron chi connectivity index (χ1n) is 6.33. The van der Waals surface area contributed by atoms with Crippen LogP contribution in [0.5, 0.6) is 11.5 Å². The lowest BCUT2D eigenvalue weighted by Gasteiger charge is -2.21. The average Bonchev–Trinajstić information content (AvgIpc) is 2.76. The Bertz CT molecular complexity index is 423. The smallest absolute Gasteiger partial charge is 0.143 e. The molecule has 2 atom stereocenters. The van der Waals surface area contributed by atoms with E-state index in [0.717, 1.165) is 11.4 Å². The maximum Gasteiger partial charge on any atom is 0.143 e. The molecule has 4 heteroatoms. The summed E-state index contributed by atoms with van der Waals surface area (Å²) in [6, 6.07) is 4.21. The molecule has 0 aromatic heterocycles. The summed E-state index contributed by atoms with van der Waals surface area (Å²) in [6.07, 6.45) is 3.77. The molecule has 1 fully saturated rings. The van der Waals surface area contributed by atoms with Gasteiger partial charge in [-0.05, 0) is 18.8 Å². The van der Waals surface area contributed by atoms with Crippen LogP contribution in [0, 0.1) is 5.92 Å². The van der Waals surface area contributed by atoms with E-state index in [1.54, 1.807) is 20.3 Å². The molecule has 3 nitrogen and oxygen atoms in total. The molecule has 0 radical (unpaired) electrons. The van der Waals surface area contributed by atoms with E-state index in [1.165, 1.54) is 19.3 Å². The molecular formula is C14H20ClNO2.